The van der Waals surface area contributed by atoms with Gasteiger partial charge in [-0.1, -0.05) is 6.42 Å². The van der Waals surface area contributed by atoms with E-state index in [0.717, 1.165) is 18.6 Å². The SMILES string of the molecule is O=C(O)CC(C(=O)O)C(=O)C1CCCCS1. The number of thioether (sulfide) groups is 1. The molecule has 5 nitrogen and oxygen atoms in total. The molecule has 1 rings (SSSR count). The number of carbonyl (C=O) groups is 3. The molecule has 0 aliphatic carbocycles. The number of rotatable bonds is 5. The topological polar surface area (TPSA) is 91.7 Å². The molecule has 0 radical (unpaired) electrons. The molecule has 2 unspecified atom stereocenters. The number of aliphatic carboxylic acids is 2. The number of Topliss-reactive ketones (excluding diaryl/α,β-unsaturated/α-hetero) is 1. The Kier molecular flexibility index (Phi) is 4.79. The molecule has 0 aromatic rings. The van der Waals surface area contributed by atoms with Crippen LogP contribution < -0.4 is 0 Å². The van der Waals surface area contributed by atoms with Gasteiger partial charge in [-0.15, -0.1) is 0 Å². The lowest BCUT2D eigenvalue weighted by molar-refractivity contribution is -0.152. The van der Waals surface area contributed by atoms with E-state index in [9.17, 15) is 14.4 Å². The van der Waals surface area contributed by atoms with Crippen LogP contribution in [0.2, 0.25) is 0 Å². The van der Waals surface area contributed by atoms with Crippen molar-refractivity contribution in [3.8, 4) is 0 Å². The van der Waals surface area contributed by atoms with Gasteiger partial charge in [-0.3, -0.25) is 14.4 Å². The van der Waals surface area contributed by atoms with Crippen LogP contribution >= 0.6 is 11.8 Å². The lowest BCUT2D eigenvalue weighted by Gasteiger charge is -2.22. The lowest BCUT2D eigenvalue weighted by atomic mass is 9.95. The van der Waals surface area contributed by atoms with E-state index < -0.39 is 30.1 Å². The largest absolute Gasteiger partial charge is 0.481 e. The van der Waals surface area contributed by atoms with Crippen LogP contribution in [0.3, 0.4) is 0 Å². The van der Waals surface area contributed by atoms with Gasteiger partial charge < -0.3 is 10.2 Å². The second kappa shape index (κ2) is 5.89. The fraction of sp³-hybridized carbons (Fsp3) is 0.700. The molecule has 1 saturated heterocycles. The van der Waals surface area contributed by atoms with E-state index in [0.29, 0.717) is 6.42 Å². The molecular formula is C10H14O5S. The lowest BCUT2D eigenvalue weighted by Crippen LogP contribution is -2.34. The van der Waals surface area contributed by atoms with E-state index in [4.69, 9.17) is 10.2 Å². The highest BCUT2D eigenvalue weighted by Gasteiger charge is 2.34. The molecule has 6 heteroatoms. The molecule has 0 aromatic heterocycles. The smallest absolute Gasteiger partial charge is 0.314 e. The van der Waals surface area contributed by atoms with Crippen molar-refractivity contribution in [2.75, 3.05) is 5.75 Å². The van der Waals surface area contributed by atoms with Gasteiger partial charge in [0.1, 0.15) is 5.92 Å². The Bertz CT molecular complexity index is 296. The van der Waals surface area contributed by atoms with Gasteiger partial charge >= 0.3 is 11.9 Å². The highest BCUT2D eigenvalue weighted by Crippen LogP contribution is 2.28. The second-order valence-corrected chi connectivity index (χ2v) is 5.06. The van der Waals surface area contributed by atoms with E-state index >= 15 is 0 Å². The van der Waals surface area contributed by atoms with Gasteiger partial charge in [0.25, 0.3) is 0 Å². The van der Waals surface area contributed by atoms with Gasteiger partial charge in [-0.25, -0.2) is 0 Å². The summed E-state index contributed by atoms with van der Waals surface area (Å²) in [6.07, 6.45) is 1.98. The van der Waals surface area contributed by atoms with Crippen molar-refractivity contribution >= 4 is 29.5 Å². The van der Waals surface area contributed by atoms with Crippen LogP contribution in [0.25, 0.3) is 0 Å². The number of carboxylic acid groups (broad SMARTS) is 2. The summed E-state index contributed by atoms with van der Waals surface area (Å²) < 4.78 is 0. The molecule has 1 aliphatic heterocycles. The second-order valence-electron chi connectivity index (χ2n) is 3.75. The summed E-state index contributed by atoms with van der Waals surface area (Å²) in [6, 6.07) is 0. The van der Waals surface area contributed by atoms with E-state index in [1.807, 2.05) is 0 Å². The van der Waals surface area contributed by atoms with Gasteiger partial charge in [0.2, 0.25) is 0 Å². The molecule has 16 heavy (non-hydrogen) atoms. The Morgan fingerprint density at radius 3 is 2.38 bits per heavy atom. The molecule has 90 valence electrons. The van der Waals surface area contributed by atoms with Crippen LogP contribution in [-0.2, 0) is 14.4 Å². The number of carbonyl (C=O) groups excluding carboxylic acids is 1. The van der Waals surface area contributed by atoms with Crippen LogP contribution in [0.15, 0.2) is 0 Å². The summed E-state index contributed by atoms with van der Waals surface area (Å²) in [5.41, 5.74) is 0. The average Bonchev–Trinajstić information content (AvgIpc) is 2.25. The zero-order valence-corrected chi connectivity index (χ0v) is 9.53. The summed E-state index contributed by atoms with van der Waals surface area (Å²) in [5, 5.41) is 17.0. The quantitative estimate of drug-likeness (QED) is 0.703. The highest BCUT2D eigenvalue weighted by atomic mass is 32.2. The van der Waals surface area contributed by atoms with E-state index in [1.165, 1.54) is 11.8 Å². The molecule has 1 heterocycles. The maximum absolute atomic E-state index is 11.8. The van der Waals surface area contributed by atoms with Gasteiger partial charge in [0.15, 0.2) is 5.78 Å². The Balaban J connectivity index is 2.65. The fourth-order valence-corrected chi connectivity index (χ4v) is 2.99. The molecule has 1 aliphatic rings. The Labute approximate surface area is 97.2 Å². The predicted molar refractivity (Wildman–Crippen MR) is 58.5 cm³/mol. The summed E-state index contributed by atoms with van der Waals surface area (Å²) in [5.74, 6) is -3.58. The van der Waals surface area contributed by atoms with Gasteiger partial charge in [-0.2, -0.15) is 11.8 Å². The van der Waals surface area contributed by atoms with E-state index in [-0.39, 0.29) is 5.25 Å². The van der Waals surface area contributed by atoms with Crippen LogP contribution in [0, 0.1) is 5.92 Å². The van der Waals surface area contributed by atoms with E-state index in [2.05, 4.69) is 0 Å². The van der Waals surface area contributed by atoms with Gasteiger partial charge in [-0.05, 0) is 18.6 Å². The van der Waals surface area contributed by atoms with Crippen LogP contribution in [0.1, 0.15) is 25.7 Å². The zero-order valence-electron chi connectivity index (χ0n) is 8.72. The Morgan fingerprint density at radius 1 is 1.25 bits per heavy atom. The molecule has 0 bridgehead atoms. The van der Waals surface area contributed by atoms with Crippen molar-refractivity contribution in [1.82, 2.24) is 0 Å². The van der Waals surface area contributed by atoms with Crippen LogP contribution in [0.4, 0.5) is 0 Å². The third-order valence-corrected chi connectivity index (χ3v) is 3.91. The minimum absolute atomic E-state index is 0.339. The zero-order chi connectivity index (χ0) is 12.1. The Morgan fingerprint density at radius 2 is 1.94 bits per heavy atom. The highest BCUT2D eigenvalue weighted by molar-refractivity contribution is 8.00. The van der Waals surface area contributed by atoms with E-state index in [1.54, 1.807) is 0 Å². The molecule has 0 aromatic carbocycles. The number of carboxylic acids is 2. The van der Waals surface area contributed by atoms with Crippen molar-refractivity contribution in [2.24, 2.45) is 5.92 Å². The number of ketones is 1. The van der Waals surface area contributed by atoms with Gasteiger partial charge in [0, 0.05) is 0 Å². The van der Waals surface area contributed by atoms with Crippen molar-refractivity contribution in [1.29, 1.82) is 0 Å². The minimum atomic E-state index is -1.40. The van der Waals surface area contributed by atoms with Crippen molar-refractivity contribution in [3.05, 3.63) is 0 Å². The maximum atomic E-state index is 11.8. The first-order valence-corrected chi connectivity index (χ1v) is 6.17. The maximum Gasteiger partial charge on any atom is 0.314 e. The molecule has 0 spiro atoms. The number of hydrogen-bond donors (Lipinski definition) is 2. The van der Waals surface area contributed by atoms with Crippen LogP contribution in [-0.4, -0.2) is 38.9 Å². The normalized spacial score (nSPS) is 22.4. The third kappa shape index (κ3) is 3.52. The van der Waals surface area contributed by atoms with Crippen molar-refractivity contribution in [2.45, 2.75) is 30.9 Å². The summed E-state index contributed by atoms with van der Waals surface area (Å²) in [6.45, 7) is 0. The summed E-state index contributed by atoms with van der Waals surface area (Å²) >= 11 is 1.44. The molecule has 1 fully saturated rings. The third-order valence-electron chi connectivity index (χ3n) is 2.52. The molecule has 2 atom stereocenters. The summed E-state index contributed by atoms with van der Waals surface area (Å²) in [7, 11) is 0. The molecular weight excluding hydrogens is 232 g/mol. The minimum Gasteiger partial charge on any atom is -0.481 e. The van der Waals surface area contributed by atoms with Crippen molar-refractivity contribution < 1.29 is 24.6 Å². The Hall–Kier alpha value is -1.04. The predicted octanol–water partition coefficient (Wildman–Crippen LogP) is 1.02. The van der Waals surface area contributed by atoms with Gasteiger partial charge in [0.05, 0.1) is 11.7 Å². The monoisotopic (exact) mass is 246 g/mol. The van der Waals surface area contributed by atoms with Crippen LogP contribution in [0.5, 0.6) is 0 Å². The number of hydrogen-bond acceptors (Lipinski definition) is 4. The first kappa shape index (κ1) is 13.0. The van der Waals surface area contributed by atoms with Crippen molar-refractivity contribution in [3.63, 3.8) is 0 Å². The molecule has 0 saturated carbocycles. The molecule has 2 N–H and O–H groups in total. The fourth-order valence-electron chi connectivity index (χ4n) is 1.67. The standard InChI is InChI=1S/C10H14O5S/c11-8(12)5-6(10(14)15)9(13)7-3-1-2-4-16-7/h6-7H,1-5H2,(H,11,12)(H,14,15). The first-order valence-electron chi connectivity index (χ1n) is 5.12. The average molecular weight is 246 g/mol. The first-order chi connectivity index (χ1) is 7.52. The molecule has 0 amide bonds. The summed E-state index contributed by atoms with van der Waals surface area (Å²) in [4.78, 5) is 33.1.